The first-order chi connectivity index (χ1) is 27.8. The number of carbonyl (C=O) groups excluding carboxylic acids is 1. The fourth-order valence-corrected chi connectivity index (χ4v) is 7.73. The van der Waals surface area contributed by atoms with E-state index in [2.05, 4.69) is 0 Å². The van der Waals surface area contributed by atoms with Gasteiger partial charge >= 0.3 is 6.16 Å². The summed E-state index contributed by atoms with van der Waals surface area (Å²) >= 11 is 6.92. The van der Waals surface area contributed by atoms with Gasteiger partial charge in [-0.25, -0.2) is 4.79 Å². The lowest BCUT2D eigenvalue weighted by atomic mass is 9.80. The first-order valence-corrected chi connectivity index (χ1v) is 19.9. The van der Waals surface area contributed by atoms with Gasteiger partial charge in [-0.3, -0.25) is 0 Å². The van der Waals surface area contributed by atoms with E-state index in [-0.39, 0.29) is 33.0 Å². The molecule has 2 fully saturated rings. The number of hydrogen-bond acceptors (Lipinski definition) is 9. The van der Waals surface area contributed by atoms with Crippen LogP contribution in [0.15, 0.2) is 133 Å². The second-order valence-electron chi connectivity index (χ2n) is 14.2. The van der Waals surface area contributed by atoms with Gasteiger partial charge in [-0.1, -0.05) is 121 Å². The number of fused-ring (bicyclic) bond motifs is 2. The molecule has 0 radical (unpaired) electrons. The summed E-state index contributed by atoms with van der Waals surface area (Å²) in [5.41, 5.74) is 4.08. The van der Waals surface area contributed by atoms with Crippen LogP contribution < -0.4 is 4.74 Å². The zero-order chi connectivity index (χ0) is 39.7. The fraction of sp³-hybridized carbons (Fsp3) is 0.340. The molecular formula is C47H49ClO9. The van der Waals surface area contributed by atoms with Gasteiger partial charge in [0, 0.05) is 10.6 Å². The van der Waals surface area contributed by atoms with Crippen LogP contribution in [0.2, 0.25) is 5.02 Å². The van der Waals surface area contributed by atoms with Crippen LogP contribution in [0.25, 0.3) is 0 Å². The normalized spacial score (nSPS) is 23.1. The van der Waals surface area contributed by atoms with Gasteiger partial charge in [-0.15, -0.1) is 0 Å². The second-order valence-corrected chi connectivity index (χ2v) is 14.6. The summed E-state index contributed by atoms with van der Waals surface area (Å²) in [5, 5.41) is 0.589. The molecule has 1 unspecified atom stereocenters. The predicted molar refractivity (Wildman–Crippen MR) is 216 cm³/mol. The highest BCUT2D eigenvalue weighted by Gasteiger charge is 2.72. The van der Waals surface area contributed by atoms with Crippen molar-refractivity contribution in [2.75, 3.05) is 19.8 Å². The van der Waals surface area contributed by atoms with E-state index in [0.717, 1.165) is 33.6 Å². The molecule has 0 aliphatic carbocycles. The van der Waals surface area contributed by atoms with E-state index >= 15 is 0 Å². The average Bonchev–Trinajstić information content (AvgIpc) is 3.60. The van der Waals surface area contributed by atoms with Crippen LogP contribution in [-0.4, -0.2) is 56.0 Å². The third-order valence-electron chi connectivity index (χ3n) is 10.4. The summed E-state index contributed by atoms with van der Waals surface area (Å²) in [5.74, 6) is -0.748. The smallest absolute Gasteiger partial charge is 0.494 e. The maximum atomic E-state index is 13.0. The Morgan fingerprint density at radius 2 is 1.30 bits per heavy atom. The van der Waals surface area contributed by atoms with Crippen LogP contribution in [0.4, 0.5) is 4.79 Å². The Labute approximate surface area is 339 Å². The molecule has 2 aliphatic heterocycles. The van der Waals surface area contributed by atoms with Crippen molar-refractivity contribution in [2.24, 2.45) is 0 Å². The Balaban J connectivity index is 1.34. The van der Waals surface area contributed by atoms with E-state index in [4.69, 9.17) is 49.5 Å². The Morgan fingerprint density at radius 3 is 1.88 bits per heavy atom. The monoisotopic (exact) mass is 792 g/mol. The van der Waals surface area contributed by atoms with Crippen molar-refractivity contribution in [1.82, 2.24) is 0 Å². The third kappa shape index (κ3) is 9.20. The second kappa shape index (κ2) is 18.7. The highest BCUT2D eigenvalue weighted by Crippen LogP contribution is 2.55. The minimum atomic E-state index is -1.55. The van der Waals surface area contributed by atoms with Crippen molar-refractivity contribution in [1.29, 1.82) is 0 Å². The lowest BCUT2D eigenvalue weighted by molar-refractivity contribution is -0.359. The standard InChI is InChI=1S/C47H49ClO9/c1-4-50-40-24-21-34(22-25-40)27-38-28-39(23-26-41(38)48)47-44(54-31-37-19-13-8-14-20-37)42(52-29-35-15-9-6-10-16-35)43(53-30-36-17-11-7-12-18-36)46(57-47,32-55-47)33(3)56-45(49)51-5-2/h6-26,28,33,42-44H,4-5,27,29-32H2,1-3H3/t33?,42-,43+,44+,46+,47-/m0/s1. The Hall–Kier alpha value is -4.74. The minimum absolute atomic E-state index is 0.0136. The fourth-order valence-electron chi connectivity index (χ4n) is 7.55. The van der Waals surface area contributed by atoms with Crippen LogP contribution >= 0.6 is 11.6 Å². The lowest BCUT2D eigenvalue weighted by Gasteiger charge is -2.52. The molecule has 5 aromatic carbocycles. The van der Waals surface area contributed by atoms with Crippen LogP contribution in [0.3, 0.4) is 0 Å². The summed E-state index contributed by atoms with van der Waals surface area (Å²) in [6.45, 7) is 6.87. The predicted octanol–water partition coefficient (Wildman–Crippen LogP) is 9.60. The number of benzene rings is 5. The molecule has 57 heavy (non-hydrogen) atoms. The van der Waals surface area contributed by atoms with E-state index in [0.29, 0.717) is 23.6 Å². The van der Waals surface area contributed by atoms with Crippen LogP contribution in [-0.2, 0) is 65.2 Å². The van der Waals surface area contributed by atoms with Crippen LogP contribution in [0, 0.1) is 0 Å². The average molecular weight is 793 g/mol. The van der Waals surface area contributed by atoms with Crippen molar-refractivity contribution >= 4 is 17.8 Å². The van der Waals surface area contributed by atoms with E-state index in [1.165, 1.54) is 0 Å². The number of halogens is 1. The molecule has 9 nitrogen and oxygen atoms in total. The Bertz CT molecular complexity index is 2030. The number of carbonyl (C=O) groups is 1. The number of ether oxygens (including phenoxy) is 8. The molecule has 2 aliphatic rings. The summed E-state index contributed by atoms with van der Waals surface area (Å²) in [4.78, 5) is 13.0. The van der Waals surface area contributed by atoms with Gasteiger partial charge in [0.15, 0.2) is 5.60 Å². The lowest BCUT2D eigenvalue weighted by Crippen LogP contribution is -2.69. The number of hydrogen-bond donors (Lipinski definition) is 0. The van der Waals surface area contributed by atoms with E-state index in [9.17, 15) is 4.79 Å². The molecule has 6 atom stereocenters. The summed E-state index contributed by atoms with van der Waals surface area (Å²) < 4.78 is 52.1. The molecule has 10 heteroatoms. The van der Waals surface area contributed by atoms with Gasteiger partial charge in [0.25, 0.3) is 0 Å². The summed E-state index contributed by atoms with van der Waals surface area (Å²) in [6, 6.07) is 43.4. The SMILES string of the molecule is CCOC(=O)OC(C)[C@@]12CO[C@@](c3ccc(Cl)c(Cc4ccc(OCC)cc4)c3)(O1)[C@H](OCc1ccccc1)[C@@H](OCc1ccccc1)[C@H]2OCc1ccccc1. The quantitative estimate of drug-likeness (QED) is 0.0855. The topological polar surface area (TPSA) is 90.9 Å². The molecule has 7 rings (SSSR count). The van der Waals surface area contributed by atoms with E-state index < -0.39 is 42.0 Å². The van der Waals surface area contributed by atoms with Crippen molar-refractivity contribution in [2.45, 2.75) is 82.8 Å². The molecule has 2 bridgehead atoms. The van der Waals surface area contributed by atoms with Crippen molar-refractivity contribution < 1.29 is 42.7 Å². The van der Waals surface area contributed by atoms with Gasteiger partial charge in [-0.2, -0.15) is 0 Å². The molecule has 0 saturated carbocycles. The van der Waals surface area contributed by atoms with Crippen molar-refractivity contribution in [3.8, 4) is 5.75 Å². The van der Waals surface area contributed by atoms with Crippen LogP contribution in [0.5, 0.6) is 5.75 Å². The molecular weight excluding hydrogens is 744 g/mol. The van der Waals surface area contributed by atoms with Gasteiger partial charge in [-0.05, 0) is 79.3 Å². The summed E-state index contributed by atoms with van der Waals surface area (Å²) in [7, 11) is 0. The Morgan fingerprint density at radius 1 is 0.719 bits per heavy atom. The molecule has 2 heterocycles. The largest absolute Gasteiger partial charge is 0.508 e. The van der Waals surface area contributed by atoms with E-state index in [1.54, 1.807) is 13.8 Å². The first-order valence-electron chi connectivity index (χ1n) is 19.5. The maximum Gasteiger partial charge on any atom is 0.508 e. The van der Waals surface area contributed by atoms with Crippen molar-refractivity contribution in [3.05, 3.63) is 172 Å². The minimum Gasteiger partial charge on any atom is -0.494 e. The molecule has 2 saturated heterocycles. The zero-order valence-electron chi connectivity index (χ0n) is 32.5. The number of rotatable bonds is 17. The van der Waals surface area contributed by atoms with Gasteiger partial charge in [0.2, 0.25) is 5.79 Å². The third-order valence-corrected chi connectivity index (χ3v) is 10.8. The Kier molecular flexibility index (Phi) is 13.3. The molecule has 0 amide bonds. The van der Waals surface area contributed by atoms with Crippen molar-refractivity contribution in [3.63, 3.8) is 0 Å². The van der Waals surface area contributed by atoms with Gasteiger partial charge in [0.1, 0.15) is 30.2 Å². The highest BCUT2D eigenvalue weighted by molar-refractivity contribution is 6.31. The highest BCUT2D eigenvalue weighted by atomic mass is 35.5. The molecule has 0 spiro atoms. The maximum absolute atomic E-state index is 13.0. The first kappa shape index (κ1) is 40.5. The van der Waals surface area contributed by atoms with Gasteiger partial charge < -0.3 is 37.9 Å². The molecule has 0 N–H and O–H groups in total. The van der Waals surface area contributed by atoms with Crippen LogP contribution in [0.1, 0.15) is 54.2 Å². The molecule has 5 aromatic rings. The molecule has 298 valence electrons. The van der Waals surface area contributed by atoms with Gasteiger partial charge in [0.05, 0.1) is 39.6 Å². The molecule has 0 aromatic heterocycles. The zero-order valence-corrected chi connectivity index (χ0v) is 33.3. The summed E-state index contributed by atoms with van der Waals surface area (Å²) in [6.07, 6.45) is -3.73. The van der Waals surface area contributed by atoms with E-state index in [1.807, 2.05) is 140 Å².